The molecule has 1 fully saturated rings. The van der Waals surface area contributed by atoms with Gasteiger partial charge in [-0.1, -0.05) is 6.92 Å². The zero-order chi connectivity index (χ0) is 13.2. The second kappa shape index (κ2) is 5.09. The Morgan fingerprint density at radius 2 is 2.11 bits per heavy atom. The fourth-order valence-corrected chi connectivity index (χ4v) is 3.45. The summed E-state index contributed by atoms with van der Waals surface area (Å²) in [4.78, 5) is 10.2. The van der Waals surface area contributed by atoms with Gasteiger partial charge in [0.25, 0.3) is 0 Å². The quantitative estimate of drug-likeness (QED) is 0.828. The smallest absolute Gasteiger partial charge is 0.152 e. The van der Waals surface area contributed by atoms with E-state index >= 15 is 0 Å². The van der Waals surface area contributed by atoms with E-state index in [0.717, 1.165) is 17.8 Å². The number of nitrogen functional groups attached to an aromatic ring is 1. The van der Waals surface area contributed by atoms with Crippen LogP contribution in [0.5, 0.6) is 0 Å². The van der Waals surface area contributed by atoms with Crippen LogP contribution in [0.4, 0.5) is 11.6 Å². The second-order valence-electron chi connectivity index (χ2n) is 4.41. The molecule has 1 aromatic rings. The lowest BCUT2D eigenvalue weighted by Gasteiger charge is -2.23. The fourth-order valence-electron chi connectivity index (χ4n) is 2.18. The Morgan fingerprint density at radius 3 is 2.83 bits per heavy atom. The number of hydrogen-bond donors (Lipinski definition) is 1. The van der Waals surface area contributed by atoms with Crippen LogP contribution >= 0.6 is 0 Å². The molecular formula is C11H18N4O2S. The first-order chi connectivity index (χ1) is 8.53. The minimum atomic E-state index is -2.91. The van der Waals surface area contributed by atoms with E-state index in [0.29, 0.717) is 25.3 Å². The van der Waals surface area contributed by atoms with Gasteiger partial charge in [-0.2, -0.15) is 0 Å². The maximum absolute atomic E-state index is 11.6. The molecule has 100 valence electrons. The molecule has 0 radical (unpaired) electrons. The highest BCUT2D eigenvalue weighted by Crippen LogP contribution is 2.23. The molecule has 0 aliphatic carbocycles. The Balaban J connectivity index is 2.29. The monoisotopic (exact) mass is 270 g/mol. The fraction of sp³-hybridized carbons (Fsp3) is 0.636. The third-order valence-electron chi connectivity index (χ3n) is 3.16. The van der Waals surface area contributed by atoms with Crippen molar-refractivity contribution in [3.63, 3.8) is 0 Å². The molecule has 1 aromatic heterocycles. The third-order valence-corrected chi connectivity index (χ3v) is 4.88. The zero-order valence-corrected chi connectivity index (χ0v) is 11.3. The van der Waals surface area contributed by atoms with Gasteiger partial charge in [-0.15, -0.1) is 0 Å². The lowest BCUT2D eigenvalue weighted by molar-refractivity contribution is 0.597. The van der Waals surface area contributed by atoms with Crippen molar-refractivity contribution in [1.29, 1.82) is 0 Å². The summed E-state index contributed by atoms with van der Waals surface area (Å²) in [6, 6.07) is 0. The third kappa shape index (κ3) is 2.72. The zero-order valence-electron chi connectivity index (χ0n) is 10.5. The number of aromatic nitrogens is 2. The number of rotatable bonds is 2. The van der Waals surface area contributed by atoms with E-state index in [9.17, 15) is 8.42 Å². The number of anilines is 2. The molecule has 18 heavy (non-hydrogen) atoms. The number of hydrogen-bond acceptors (Lipinski definition) is 6. The van der Waals surface area contributed by atoms with Gasteiger partial charge in [0.2, 0.25) is 0 Å². The first-order valence-electron chi connectivity index (χ1n) is 6.08. The van der Waals surface area contributed by atoms with Crippen LogP contribution in [0.15, 0.2) is 6.33 Å². The van der Waals surface area contributed by atoms with E-state index in [1.54, 1.807) is 0 Å². The van der Waals surface area contributed by atoms with Crippen LogP contribution < -0.4 is 10.6 Å². The molecule has 2 rings (SSSR count). The van der Waals surface area contributed by atoms with Gasteiger partial charge in [0.1, 0.15) is 18.0 Å². The molecule has 7 heteroatoms. The molecular weight excluding hydrogens is 252 g/mol. The van der Waals surface area contributed by atoms with E-state index in [-0.39, 0.29) is 11.5 Å². The summed E-state index contributed by atoms with van der Waals surface area (Å²) in [6.07, 6.45) is 2.81. The summed E-state index contributed by atoms with van der Waals surface area (Å²) in [6.45, 7) is 3.17. The molecule has 0 saturated carbocycles. The van der Waals surface area contributed by atoms with E-state index in [1.807, 2.05) is 11.8 Å². The molecule has 0 unspecified atom stereocenters. The molecule has 2 N–H and O–H groups in total. The molecule has 0 spiro atoms. The Bertz CT molecular complexity index is 530. The average molecular weight is 270 g/mol. The van der Waals surface area contributed by atoms with Crippen molar-refractivity contribution < 1.29 is 8.42 Å². The summed E-state index contributed by atoms with van der Waals surface area (Å²) in [7, 11) is -2.91. The molecule has 0 amide bonds. The maximum atomic E-state index is 11.6. The lowest BCUT2D eigenvalue weighted by Crippen LogP contribution is -2.29. The predicted molar refractivity (Wildman–Crippen MR) is 71.3 cm³/mol. The van der Waals surface area contributed by atoms with Crippen LogP contribution in [0.25, 0.3) is 0 Å². The Kier molecular flexibility index (Phi) is 3.70. The first-order valence-corrected chi connectivity index (χ1v) is 7.90. The van der Waals surface area contributed by atoms with Crippen LogP contribution in [0, 0.1) is 0 Å². The predicted octanol–water partition coefficient (Wildman–Crippen LogP) is 0.246. The summed E-state index contributed by atoms with van der Waals surface area (Å²) >= 11 is 0. The molecule has 1 aliphatic rings. The van der Waals surface area contributed by atoms with Crippen molar-refractivity contribution in [3.8, 4) is 0 Å². The Morgan fingerprint density at radius 1 is 1.33 bits per heavy atom. The highest BCUT2D eigenvalue weighted by molar-refractivity contribution is 7.91. The van der Waals surface area contributed by atoms with E-state index in [4.69, 9.17) is 5.73 Å². The second-order valence-corrected chi connectivity index (χ2v) is 6.71. The summed E-state index contributed by atoms with van der Waals surface area (Å²) in [5, 5.41) is 0. The molecule has 1 saturated heterocycles. The maximum Gasteiger partial charge on any atom is 0.152 e. The van der Waals surface area contributed by atoms with Gasteiger partial charge in [-0.3, -0.25) is 0 Å². The number of nitrogens with two attached hydrogens (primary N) is 1. The number of sulfone groups is 1. The summed E-state index contributed by atoms with van der Waals surface area (Å²) < 4.78 is 23.2. The van der Waals surface area contributed by atoms with Gasteiger partial charge < -0.3 is 10.6 Å². The van der Waals surface area contributed by atoms with Crippen molar-refractivity contribution in [2.45, 2.75) is 19.8 Å². The SMILES string of the molecule is CCc1c(N)ncnc1N1CCCS(=O)(=O)CC1. The molecule has 6 nitrogen and oxygen atoms in total. The number of nitrogens with zero attached hydrogens (tertiary/aromatic N) is 3. The molecule has 1 aliphatic heterocycles. The van der Waals surface area contributed by atoms with Crippen molar-refractivity contribution in [2.24, 2.45) is 0 Å². The van der Waals surface area contributed by atoms with Crippen LogP contribution in [0.1, 0.15) is 18.9 Å². The van der Waals surface area contributed by atoms with Gasteiger partial charge in [-0.05, 0) is 12.8 Å². The van der Waals surface area contributed by atoms with Crippen molar-refractivity contribution in [2.75, 3.05) is 35.2 Å². The van der Waals surface area contributed by atoms with E-state index < -0.39 is 9.84 Å². The van der Waals surface area contributed by atoms with Crippen molar-refractivity contribution in [3.05, 3.63) is 11.9 Å². The molecule has 0 aromatic carbocycles. The topological polar surface area (TPSA) is 89.2 Å². The van der Waals surface area contributed by atoms with Crippen LogP contribution in [-0.2, 0) is 16.3 Å². The average Bonchev–Trinajstić information content (AvgIpc) is 2.50. The summed E-state index contributed by atoms with van der Waals surface area (Å²) in [5.41, 5.74) is 6.73. The van der Waals surface area contributed by atoms with Crippen LogP contribution in [0.2, 0.25) is 0 Å². The largest absolute Gasteiger partial charge is 0.383 e. The Labute approximate surface area is 107 Å². The highest BCUT2D eigenvalue weighted by atomic mass is 32.2. The van der Waals surface area contributed by atoms with Gasteiger partial charge in [0.15, 0.2) is 9.84 Å². The molecule has 0 bridgehead atoms. The normalized spacial score (nSPS) is 19.5. The van der Waals surface area contributed by atoms with Crippen molar-refractivity contribution >= 4 is 21.5 Å². The van der Waals surface area contributed by atoms with Gasteiger partial charge in [0, 0.05) is 18.7 Å². The van der Waals surface area contributed by atoms with E-state index in [2.05, 4.69) is 9.97 Å². The highest BCUT2D eigenvalue weighted by Gasteiger charge is 2.22. The van der Waals surface area contributed by atoms with Crippen LogP contribution in [0.3, 0.4) is 0 Å². The minimum absolute atomic E-state index is 0.181. The first kappa shape index (κ1) is 13.1. The molecule has 0 atom stereocenters. The lowest BCUT2D eigenvalue weighted by atomic mass is 10.2. The van der Waals surface area contributed by atoms with Crippen LogP contribution in [-0.4, -0.2) is 43.0 Å². The van der Waals surface area contributed by atoms with Gasteiger partial charge in [-0.25, -0.2) is 18.4 Å². The standard InChI is InChI=1S/C11H18N4O2S/c1-2-9-10(12)13-8-14-11(9)15-4-3-6-18(16,17)7-5-15/h8H,2-7H2,1H3,(H2,12,13,14). The minimum Gasteiger partial charge on any atom is -0.383 e. The van der Waals surface area contributed by atoms with Gasteiger partial charge in [0.05, 0.1) is 11.5 Å². The van der Waals surface area contributed by atoms with Crippen molar-refractivity contribution in [1.82, 2.24) is 9.97 Å². The molecule has 2 heterocycles. The van der Waals surface area contributed by atoms with Gasteiger partial charge >= 0.3 is 0 Å². The Hall–Kier alpha value is -1.37. The summed E-state index contributed by atoms with van der Waals surface area (Å²) in [5.74, 6) is 1.70. The van der Waals surface area contributed by atoms with E-state index in [1.165, 1.54) is 6.33 Å².